The molecule has 1 saturated heterocycles. The summed E-state index contributed by atoms with van der Waals surface area (Å²) in [5, 5.41) is 22.9. The molecule has 0 radical (unpaired) electrons. The second-order valence-electron chi connectivity index (χ2n) is 12.2. The van der Waals surface area contributed by atoms with Crippen molar-refractivity contribution >= 4 is 60.8 Å². The summed E-state index contributed by atoms with van der Waals surface area (Å²) in [6.07, 6.45) is -1.06. The molecule has 1 fully saturated rings. The van der Waals surface area contributed by atoms with Crippen LogP contribution in [-0.4, -0.2) is 81.6 Å². The Labute approximate surface area is 285 Å². The van der Waals surface area contributed by atoms with Crippen LogP contribution in [0.1, 0.15) is 45.5 Å². The Kier molecular flexibility index (Phi) is 10.9. The molecular formula is C30H37N5O8S3Si. The van der Waals surface area contributed by atoms with Crippen molar-refractivity contribution in [3.8, 4) is 0 Å². The first-order chi connectivity index (χ1) is 22.2. The highest BCUT2D eigenvalue weighted by Crippen LogP contribution is 2.42. The van der Waals surface area contributed by atoms with E-state index in [2.05, 4.69) is 40.1 Å². The third-order valence-corrected chi connectivity index (χ3v) is 12.1. The second kappa shape index (κ2) is 14.6. The predicted octanol–water partition coefficient (Wildman–Crippen LogP) is 3.39. The third-order valence-electron chi connectivity index (χ3n) is 7.45. The third kappa shape index (κ3) is 8.15. The molecule has 1 amide bonds. The quantitative estimate of drug-likeness (QED) is 0.0726. The van der Waals surface area contributed by atoms with E-state index in [0.29, 0.717) is 28.2 Å². The number of Topliss-reactive ketones (excluding diaryl/α,β-unsaturated/α-hetero) is 1. The normalized spacial score (nSPS) is 19.3. The fourth-order valence-corrected chi connectivity index (χ4v) is 10.1. The Balaban J connectivity index is 1.29. The second-order valence-corrected chi connectivity index (χ2v) is 20.5. The van der Waals surface area contributed by atoms with Crippen LogP contribution < -0.4 is 16.1 Å². The average molecular weight is 720 g/mol. The van der Waals surface area contributed by atoms with Gasteiger partial charge in [0.15, 0.2) is 28.3 Å². The molecule has 5 rings (SSSR count). The highest BCUT2D eigenvalue weighted by molar-refractivity contribution is 8.01. The van der Waals surface area contributed by atoms with Crippen LogP contribution in [0.3, 0.4) is 0 Å². The lowest BCUT2D eigenvalue weighted by atomic mass is 9.95. The van der Waals surface area contributed by atoms with Crippen molar-refractivity contribution in [2.45, 2.75) is 74.9 Å². The van der Waals surface area contributed by atoms with Gasteiger partial charge in [-0.2, -0.15) is 0 Å². The smallest absolute Gasteiger partial charge is 0.453 e. The molecule has 2 aliphatic rings. The first kappa shape index (κ1) is 35.2. The number of ether oxygens (including phenoxy) is 1. The minimum atomic E-state index is -1.73. The number of rotatable bonds is 14. The first-order valence-electron chi connectivity index (χ1n) is 14.9. The Morgan fingerprint density at radius 1 is 1.19 bits per heavy atom. The molecule has 13 nitrogen and oxygen atoms in total. The summed E-state index contributed by atoms with van der Waals surface area (Å²) in [7, 11) is -1.73. The lowest BCUT2D eigenvalue weighted by Gasteiger charge is -2.50. The van der Waals surface area contributed by atoms with Crippen LogP contribution in [0.5, 0.6) is 0 Å². The van der Waals surface area contributed by atoms with Gasteiger partial charge < -0.3 is 29.0 Å². The zero-order chi connectivity index (χ0) is 34.0. The number of aromatic nitrogens is 2. The number of carbonyl (C=O) groups excluding carboxylic acids is 3. The molecule has 47 heavy (non-hydrogen) atoms. The first-order valence-corrected chi connectivity index (χ1v) is 21.3. The summed E-state index contributed by atoms with van der Waals surface area (Å²) in [5.41, 5.74) is 1.73. The predicted molar refractivity (Wildman–Crippen MR) is 181 cm³/mol. The lowest BCUT2D eigenvalue weighted by Crippen LogP contribution is -2.70. The number of thioether (sulfide) groups is 2. The molecule has 1 aromatic carbocycles. The average Bonchev–Trinajstić information content (AvgIpc) is 3.59. The number of hydrogen-bond donors (Lipinski definition) is 3. The Hall–Kier alpha value is -3.06. The van der Waals surface area contributed by atoms with Gasteiger partial charge in [-0.05, 0) is 31.9 Å². The standard InChI is InChI=1S/C30H37N5O8S3Si/c1-15(34-47(4,5)6)25(37)20-10-8-7-9-19(20)21(36)11-31-23-26(38)35-24(28(39)41-12-22-16(2)42-30(40)43-22)18(13-44-27(23)35)14-45-29-33-32-17(3)46-29/h7-10,15,21,23,27,31,34,36H,11-14H2,1-6H3/t15-,21?,23?,27-/m0/s1. The topological polar surface area (TPSA) is 177 Å². The highest BCUT2D eigenvalue weighted by Gasteiger charge is 2.53. The summed E-state index contributed by atoms with van der Waals surface area (Å²) >= 11 is 4.34. The van der Waals surface area contributed by atoms with Crippen LogP contribution in [0.15, 0.2) is 53.5 Å². The number of carbonyl (C=O) groups is 3. The molecule has 3 N–H and O–H groups in total. The van der Waals surface area contributed by atoms with Gasteiger partial charge in [0.25, 0.3) is 0 Å². The van der Waals surface area contributed by atoms with E-state index in [4.69, 9.17) is 13.6 Å². The number of β-lactam (4-membered cyclic amide) rings is 1. The van der Waals surface area contributed by atoms with Crippen molar-refractivity contribution < 1.29 is 33.1 Å². The van der Waals surface area contributed by atoms with Gasteiger partial charge in [-0.15, -0.1) is 22.0 Å². The number of amides is 1. The number of nitrogens with zero attached hydrogens (tertiary/aromatic N) is 3. The van der Waals surface area contributed by atoms with E-state index < -0.39 is 43.6 Å². The summed E-state index contributed by atoms with van der Waals surface area (Å²) in [5.74, 6) is -0.975. The monoisotopic (exact) mass is 719 g/mol. The van der Waals surface area contributed by atoms with Crippen LogP contribution in [0.25, 0.3) is 0 Å². The number of aryl methyl sites for hydroxylation is 2. The summed E-state index contributed by atoms with van der Waals surface area (Å²) in [6.45, 7) is 11.2. The van der Waals surface area contributed by atoms with Crippen molar-refractivity contribution in [1.82, 2.24) is 25.4 Å². The molecule has 17 heteroatoms. The molecule has 2 aromatic heterocycles. The van der Waals surface area contributed by atoms with E-state index in [-0.39, 0.29) is 42.1 Å². The van der Waals surface area contributed by atoms with E-state index in [1.807, 2.05) is 13.8 Å². The SMILES string of the molecule is Cc1nnc(SCC2=C(C(=O)OCc3oc(=O)oc3C)N3C(=O)C(NCC(O)c4ccccc4C(=O)[C@H](C)N[Si](C)(C)C)[C@@H]3SC2)s1. The Bertz CT molecular complexity index is 1750. The molecule has 0 bridgehead atoms. The maximum absolute atomic E-state index is 13.6. The van der Waals surface area contributed by atoms with Gasteiger partial charge in [0.05, 0.1) is 12.1 Å². The van der Waals surface area contributed by atoms with Gasteiger partial charge in [0.2, 0.25) is 5.91 Å². The van der Waals surface area contributed by atoms with Crippen molar-refractivity contribution in [3.63, 3.8) is 0 Å². The van der Waals surface area contributed by atoms with E-state index in [1.165, 1.54) is 46.7 Å². The van der Waals surface area contributed by atoms with Gasteiger partial charge >= 0.3 is 11.8 Å². The number of esters is 1. The zero-order valence-corrected chi connectivity index (χ0v) is 30.3. The molecule has 3 aromatic rings. The van der Waals surface area contributed by atoms with Crippen molar-refractivity contribution in [2.75, 3.05) is 18.1 Å². The summed E-state index contributed by atoms with van der Waals surface area (Å²) in [6, 6.07) is 5.86. The van der Waals surface area contributed by atoms with Crippen molar-refractivity contribution in [1.29, 1.82) is 0 Å². The maximum Gasteiger partial charge on any atom is 0.519 e. The van der Waals surface area contributed by atoms with Gasteiger partial charge in [-0.25, -0.2) is 9.59 Å². The van der Waals surface area contributed by atoms with E-state index in [0.717, 1.165) is 9.35 Å². The number of fused-ring (bicyclic) bond motifs is 1. The molecule has 4 heterocycles. The number of nitrogens with one attached hydrogen (secondary N) is 2. The number of aliphatic hydroxyl groups is 1. The molecule has 2 aliphatic heterocycles. The lowest BCUT2D eigenvalue weighted by molar-refractivity contribution is -0.152. The fraction of sp³-hybridized carbons (Fsp3) is 0.467. The Morgan fingerprint density at radius 2 is 1.94 bits per heavy atom. The van der Waals surface area contributed by atoms with Gasteiger partial charge in [0.1, 0.15) is 30.4 Å². The van der Waals surface area contributed by atoms with E-state index in [1.54, 1.807) is 24.3 Å². The molecule has 0 saturated carbocycles. The van der Waals surface area contributed by atoms with Crippen LogP contribution >= 0.6 is 34.9 Å². The van der Waals surface area contributed by atoms with Crippen molar-refractivity contribution in [2.24, 2.45) is 0 Å². The zero-order valence-electron chi connectivity index (χ0n) is 26.8. The molecule has 4 atom stereocenters. The molecule has 0 aliphatic carbocycles. The van der Waals surface area contributed by atoms with E-state index in [9.17, 15) is 24.3 Å². The number of aliphatic hydroxyl groups excluding tert-OH is 1. The van der Waals surface area contributed by atoms with Crippen LogP contribution in [-0.2, 0) is 20.9 Å². The van der Waals surface area contributed by atoms with Gasteiger partial charge in [-0.1, -0.05) is 67.0 Å². The number of ketones is 1. The fourth-order valence-electron chi connectivity index (χ4n) is 5.34. The van der Waals surface area contributed by atoms with E-state index >= 15 is 0 Å². The van der Waals surface area contributed by atoms with Crippen LogP contribution in [0, 0.1) is 13.8 Å². The van der Waals surface area contributed by atoms with Crippen LogP contribution in [0.2, 0.25) is 19.6 Å². The summed E-state index contributed by atoms with van der Waals surface area (Å²) < 4.78 is 16.1. The maximum atomic E-state index is 13.6. The van der Waals surface area contributed by atoms with Gasteiger partial charge in [-0.3, -0.25) is 14.5 Å². The van der Waals surface area contributed by atoms with Crippen LogP contribution in [0.4, 0.5) is 0 Å². The Morgan fingerprint density at radius 3 is 2.60 bits per heavy atom. The number of benzene rings is 1. The molecule has 2 unspecified atom stereocenters. The minimum Gasteiger partial charge on any atom is -0.453 e. The number of hydrogen-bond acceptors (Lipinski definition) is 15. The molecule has 252 valence electrons. The largest absolute Gasteiger partial charge is 0.519 e. The minimum absolute atomic E-state index is 0.0167. The summed E-state index contributed by atoms with van der Waals surface area (Å²) in [4.78, 5) is 56.7. The molecular weight excluding hydrogens is 683 g/mol. The van der Waals surface area contributed by atoms with Gasteiger partial charge in [0, 0.05) is 23.6 Å². The van der Waals surface area contributed by atoms with Crippen molar-refractivity contribution in [3.05, 3.63) is 73.8 Å². The molecule has 0 spiro atoms. The highest BCUT2D eigenvalue weighted by atomic mass is 32.2.